The standard InChI is InChI=1S/C11H12/c1-9-6-7-10-4-2-3-5-11(10)8-9/h2-6H,7-8H2,1H3. The fourth-order valence-electron chi connectivity index (χ4n) is 1.59. The molecular weight excluding hydrogens is 132 g/mol. The number of hydrogen-bond donors (Lipinski definition) is 0. The molecule has 0 nitrogen and oxygen atoms in total. The van der Waals surface area contributed by atoms with E-state index in [1.807, 2.05) is 0 Å². The summed E-state index contributed by atoms with van der Waals surface area (Å²) in [6, 6.07) is 8.69. The Morgan fingerprint density at radius 3 is 2.64 bits per heavy atom. The molecule has 0 saturated heterocycles. The summed E-state index contributed by atoms with van der Waals surface area (Å²) in [5.74, 6) is 0. The highest BCUT2D eigenvalue weighted by molar-refractivity contribution is 5.35. The highest BCUT2D eigenvalue weighted by Gasteiger charge is 2.05. The minimum Gasteiger partial charge on any atom is -0.0809 e. The van der Waals surface area contributed by atoms with Gasteiger partial charge in [0.1, 0.15) is 0 Å². The van der Waals surface area contributed by atoms with Crippen molar-refractivity contribution in [3.8, 4) is 0 Å². The second kappa shape index (κ2) is 2.54. The Labute approximate surface area is 67.6 Å². The van der Waals surface area contributed by atoms with Gasteiger partial charge in [-0.3, -0.25) is 0 Å². The highest BCUT2D eigenvalue weighted by atomic mass is 14.1. The lowest BCUT2D eigenvalue weighted by atomic mass is 9.93. The highest BCUT2D eigenvalue weighted by Crippen LogP contribution is 2.19. The molecule has 0 unspecified atom stereocenters. The van der Waals surface area contributed by atoms with Crippen LogP contribution in [-0.4, -0.2) is 0 Å². The molecule has 0 spiro atoms. The average Bonchev–Trinajstić information content (AvgIpc) is 2.04. The quantitative estimate of drug-likeness (QED) is 0.491. The first-order chi connectivity index (χ1) is 5.36. The van der Waals surface area contributed by atoms with Gasteiger partial charge < -0.3 is 0 Å². The Morgan fingerprint density at radius 1 is 1.09 bits per heavy atom. The maximum atomic E-state index is 2.32. The van der Waals surface area contributed by atoms with E-state index in [1.54, 1.807) is 0 Å². The average molecular weight is 144 g/mol. The number of benzene rings is 1. The predicted molar refractivity (Wildman–Crippen MR) is 47.6 cm³/mol. The van der Waals surface area contributed by atoms with E-state index in [1.165, 1.54) is 16.7 Å². The third-order valence-electron chi connectivity index (χ3n) is 2.26. The lowest BCUT2D eigenvalue weighted by Gasteiger charge is -2.13. The second-order valence-electron chi connectivity index (χ2n) is 3.20. The van der Waals surface area contributed by atoms with Crippen LogP contribution in [-0.2, 0) is 12.8 Å². The van der Waals surface area contributed by atoms with Gasteiger partial charge in [-0.2, -0.15) is 0 Å². The smallest absolute Gasteiger partial charge is 0.00669 e. The summed E-state index contributed by atoms with van der Waals surface area (Å²) in [5.41, 5.74) is 4.51. The normalized spacial score (nSPS) is 15.5. The zero-order chi connectivity index (χ0) is 7.68. The van der Waals surface area contributed by atoms with E-state index in [2.05, 4.69) is 37.3 Å². The predicted octanol–water partition coefficient (Wildman–Crippen LogP) is 2.73. The molecule has 0 aromatic heterocycles. The van der Waals surface area contributed by atoms with Crippen LogP contribution in [0.15, 0.2) is 35.9 Å². The van der Waals surface area contributed by atoms with Crippen molar-refractivity contribution in [2.75, 3.05) is 0 Å². The van der Waals surface area contributed by atoms with Crippen LogP contribution in [0.2, 0.25) is 0 Å². The van der Waals surface area contributed by atoms with Gasteiger partial charge in [0.05, 0.1) is 0 Å². The molecule has 1 aromatic carbocycles. The topological polar surface area (TPSA) is 0 Å². The van der Waals surface area contributed by atoms with Crippen molar-refractivity contribution in [1.29, 1.82) is 0 Å². The van der Waals surface area contributed by atoms with Crippen LogP contribution in [0.1, 0.15) is 18.1 Å². The SMILES string of the molecule is CC1=CCc2ccccc2C1. The van der Waals surface area contributed by atoms with E-state index < -0.39 is 0 Å². The van der Waals surface area contributed by atoms with E-state index in [0.29, 0.717) is 0 Å². The van der Waals surface area contributed by atoms with Gasteiger partial charge in [-0.25, -0.2) is 0 Å². The van der Waals surface area contributed by atoms with Crippen LogP contribution in [0.5, 0.6) is 0 Å². The molecule has 56 valence electrons. The van der Waals surface area contributed by atoms with E-state index in [9.17, 15) is 0 Å². The molecule has 0 saturated carbocycles. The fourth-order valence-corrected chi connectivity index (χ4v) is 1.59. The molecule has 2 rings (SSSR count). The lowest BCUT2D eigenvalue weighted by molar-refractivity contribution is 1.02. The minimum atomic E-state index is 1.13. The number of hydrogen-bond acceptors (Lipinski definition) is 0. The Kier molecular flexibility index (Phi) is 1.54. The second-order valence-corrected chi connectivity index (χ2v) is 3.20. The third-order valence-corrected chi connectivity index (χ3v) is 2.26. The summed E-state index contributed by atoms with van der Waals surface area (Å²) >= 11 is 0. The third kappa shape index (κ3) is 1.21. The first-order valence-corrected chi connectivity index (χ1v) is 4.08. The lowest BCUT2D eigenvalue weighted by Crippen LogP contribution is -1.99. The van der Waals surface area contributed by atoms with E-state index in [-0.39, 0.29) is 0 Å². The van der Waals surface area contributed by atoms with Gasteiger partial charge in [0.2, 0.25) is 0 Å². The summed E-state index contributed by atoms with van der Waals surface area (Å²) < 4.78 is 0. The summed E-state index contributed by atoms with van der Waals surface area (Å²) in [5, 5.41) is 0. The van der Waals surface area contributed by atoms with E-state index in [4.69, 9.17) is 0 Å². The molecule has 0 atom stereocenters. The number of rotatable bonds is 0. The van der Waals surface area contributed by atoms with E-state index in [0.717, 1.165) is 12.8 Å². The van der Waals surface area contributed by atoms with Crippen molar-refractivity contribution in [1.82, 2.24) is 0 Å². The van der Waals surface area contributed by atoms with Gasteiger partial charge >= 0.3 is 0 Å². The van der Waals surface area contributed by atoms with Crippen molar-refractivity contribution in [2.45, 2.75) is 19.8 Å². The van der Waals surface area contributed by atoms with Crippen LogP contribution in [0.4, 0.5) is 0 Å². The maximum Gasteiger partial charge on any atom is -0.00669 e. The summed E-state index contributed by atoms with van der Waals surface area (Å²) in [6.45, 7) is 2.20. The Bertz CT molecular complexity index is 295. The molecule has 1 aromatic rings. The van der Waals surface area contributed by atoms with Crippen molar-refractivity contribution < 1.29 is 0 Å². The summed E-state index contributed by atoms with van der Waals surface area (Å²) in [4.78, 5) is 0. The first kappa shape index (κ1) is 6.66. The maximum absolute atomic E-state index is 2.32. The fraction of sp³-hybridized carbons (Fsp3) is 0.273. The first-order valence-electron chi connectivity index (χ1n) is 4.08. The molecule has 0 heteroatoms. The molecule has 0 fully saturated rings. The van der Waals surface area contributed by atoms with Crippen LogP contribution in [0.3, 0.4) is 0 Å². The molecule has 0 aliphatic heterocycles. The van der Waals surface area contributed by atoms with Crippen molar-refractivity contribution >= 4 is 0 Å². The molecule has 0 heterocycles. The minimum absolute atomic E-state index is 1.13. The molecule has 0 radical (unpaired) electrons. The molecule has 1 aliphatic rings. The van der Waals surface area contributed by atoms with E-state index >= 15 is 0 Å². The number of allylic oxidation sites excluding steroid dienone is 2. The molecule has 1 aliphatic carbocycles. The van der Waals surface area contributed by atoms with Crippen molar-refractivity contribution in [3.05, 3.63) is 47.0 Å². The van der Waals surface area contributed by atoms with Gasteiger partial charge in [0.25, 0.3) is 0 Å². The van der Waals surface area contributed by atoms with Crippen LogP contribution in [0, 0.1) is 0 Å². The van der Waals surface area contributed by atoms with Gasteiger partial charge in [0.15, 0.2) is 0 Å². The Hall–Kier alpha value is -1.04. The van der Waals surface area contributed by atoms with Crippen molar-refractivity contribution in [3.63, 3.8) is 0 Å². The Balaban J connectivity index is 2.42. The summed E-state index contributed by atoms with van der Waals surface area (Å²) in [7, 11) is 0. The Morgan fingerprint density at radius 2 is 1.82 bits per heavy atom. The largest absolute Gasteiger partial charge is 0.0809 e. The van der Waals surface area contributed by atoms with Crippen LogP contribution < -0.4 is 0 Å². The van der Waals surface area contributed by atoms with Gasteiger partial charge in [0, 0.05) is 0 Å². The molecule has 0 amide bonds. The molecular formula is C11H12. The van der Waals surface area contributed by atoms with Gasteiger partial charge in [-0.15, -0.1) is 0 Å². The van der Waals surface area contributed by atoms with Crippen LogP contribution in [0.25, 0.3) is 0 Å². The molecule has 0 bridgehead atoms. The molecule has 0 N–H and O–H groups in total. The van der Waals surface area contributed by atoms with Gasteiger partial charge in [-0.1, -0.05) is 35.9 Å². The zero-order valence-corrected chi connectivity index (χ0v) is 6.80. The van der Waals surface area contributed by atoms with Crippen molar-refractivity contribution in [2.24, 2.45) is 0 Å². The monoisotopic (exact) mass is 144 g/mol. The summed E-state index contributed by atoms with van der Waals surface area (Å²) in [6.07, 6.45) is 4.60. The number of fused-ring (bicyclic) bond motifs is 1. The van der Waals surface area contributed by atoms with Gasteiger partial charge in [-0.05, 0) is 30.9 Å². The zero-order valence-electron chi connectivity index (χ0n) is 6.80. The van der Waals surface area contributed by atoms with Crippen LogP contribution >= 0.6 is 0 Å². The molecule has 11 heavy (non-hydrogen) atoms.